The van der Waals surface area contributed by atoms with Crippen molar-refractivity contribution in [3.63, 3.8) is 0 Å². The summed E-state index contributed by atoms with van der Waals surface area (Å²) in [7, 11) is -2.56. The number of nitrogens with zero attached hydrogens (tertiary/aromatic N) is 2. The monoisotopic (exact) mass is 393 g/mol. The number of nitrogens with one attached hydrogen (secondary N) is 1. The third-order valence-electron chi connectivity index (χ3n) is 4.05. The first-order valence-corrected chi connectivity index (χ1v) is 9.99. The molecule has 0 radical (unpaired) electrons. The van der Waals surface area contributed by atoms with Gasteiger partial charge in [-0.15, -0.1) is 0 Å². The fourth-order valence-electron chi connectivity index (χ4n) is 2.65. The molecular weight excluding hydrogens is 370 g/mol. The molecule has 0 saturated carbocycles. The van der Waals surface area contributed by atoms with Crippen LogP contribution in [0.25, 0.3) is 0 Å². The number of methoxy groups -OCH3 is 1. The third kappa shape index (κ3) is 5.41. The Morgan fingerprint density at radius 1 is 1.19 bits per heavy atom. The Morgan fingerprint density at radius 2 is 1.89 bits per heavy atom. The number of benzene rings is 2. The first kappa shape index (κ1) is 20.7. The molecule has 2 aromatic rings. The van der Waals surface area contributed by atoms with Gasteiger partial charge in [0.05, 0.1) is 18.1 Å². The van der Waals surface area contributed by atoms with Crippen LogP contribution in [0.3, 0.4) is 0 Å². The zero-order chi connectivity index (χ0) is 19.9. The van der Waals surface area contributed by atoms with Crippen molar-refractivity contribution in [3.8, 4) is 5.75 Å². The van der Waals surface area contributed by atoms with E-state index in [9.17, 15) is 18.5 Å². The molecule has 2 aromatic carbocycles. The molecule has 0 aliphatic heterocycles. The predicted molar refractivity (Wildman–Crippen MR) is 104 cm³/mol. The summed E-state index contributed by atoms with van der Waals surface area (Å²) in [5, 5.41) is 10.8. The van der Waals surface area contributed by atoms with Gasteiger partial charge in [-0.25, -0.2) is 13.1 Å². The molecule has 0 spiro atoms. The van der Waals surface area contributed by atoms with E-state index in [2.05, 4.69) is 9.62 Å². The Bertz CT molecular complexity index is 872. The molecule has 2 rings (SSSR count). The molecule has 0 unspecified atom stereocenters. The van der Waals surface area contributed by atoms with Crippen molar-refractivity contribution < 1.29 is 18.1 Å². The second kappa shape index (κ2) is 9.33. The van der Waals surface area contributed by atoms with Gasteiger partial charge in [0.2, 0.25) is 10.0 Å². The van der Waals surface area contributed by atoms with E-state index in [4.69, 9.17) is 4.74 Å². The van der Waals surface area contributed by atoms with Crippen LogP contribution in [-0.2, 0) is 10.0 Å². The summed E-state index contributed by atoms with van der Waals surface area (Å²) in [4.78, 5) is 12.3. The standard InChI is InChI=1S/C18H23N3O5S/c1-3-20(15-8-5-4-6-9-15)13-7-12-19-27(24,25)18-11-10-16(21(22)23)14-17(18)26-2/h4-6,8-11,14,19H,3,7,12-13H2,1-2H3. The van der Waals surface area contributed by atoms with Crippen LogP contribution >= 0.6 is 0 Å². The minimum atomic E-state index is -3.83. The minimum Gasteiger partial charge on any atom is -0.495 e. The Kier molecular flexibility index (Phi) is 7.14. The maximum atomic E-state index is 12.5. The van der Waals surface area contributed by atoms with E-state index in [-0.39, 0.29) is 22.9 Å². The van der Waals surface area contributed by atoms with Gasteiger partial charge < -0.3 is 9.64 Å². The number of sulfonamides is 1. The fourth-order valence-corrected chi connectivity index (χ4v) is 3.88. The average Bonchev–Trinajstić information content (AvgIpc) is 2.68. The quantitative estimate of drug-likeness (QED) is 0.378. The van der Waals surface area contributed by atoms with E-state index >= 15 is 0 Å². The fraction of sp³-hybridized carbons (Fsp3) is 0.333. The summed E-state index contributed by atoms with van der Waals surface area (Å²) in [5.41, 5.74) is 0.854. The summed E-state index contributed by atoms with van der Waals surface area (Å²) >= 11 is 0. The lowest BCUT2D eigenvalue weighted by atomic mass is 10.2. The molecule has 0 amide bonds. The maximum Gasteiger partial charge on any atom is 0.273 e. The van der Waals surface area contributed by atoms with E-state index in [1.54, 1.807) is 0 Å². The normalized spacial score (nSPS) is 11.2. The molecule has 0 saturated heterocycles. The topological polar surface area (TPSA) is 102 Å². The molecular formula is C18H23N3O5S. The number of nitro groups is 1. The van der Waals surface area contributed by atoms with Gasteiger partial charge in [0.1, 0.15) is 10.6 Å². The van der Waals surface area contributed by atoms with Gasteiger partial charge >= 0.3 is 0 Å². The largest absolute Gasteiger partial charge is 0.495 e. The van der Waals surface area contributed by atoms with Crippen molar-refractivity contribution in [2.24, 2.45) is 0 Å². The molecule has 146 valence electrons. The lowest BCUT2D eigenvalue weighted by Gasteiger charge is -2.23. The van der Waals surface area contributed by atoms with Gasteiger partial charge in [-0.1, -0.05) is 18.2 Å². The van der Waals surface area contributed by atoms with Gasteiger partial charge in [-0.05, 0) is 31.5 Å². The SMILES string of the molecule is CCN(CCCNS(=O)(=O)c1ccc([N+](=O)[O-])cc1OC)c1ccccc1. The summed E-state index contributed by atoms with van der Waals surface area (Å²) in [6, 6.07) is 13.3. The van der Waals surface area contributed by atoms with E-state index in [1.165, 1.54) is 13.2 Å². The summed E-state index contributed by atoms with van der Waals surface area (Å²) in [6.07, 6.45) is 0.608. The number of nitro benzene ring substituents is 1. The van der Waals surface area contributed by atoms with Crippen molar-refractivity contribution in [2.75, 3.05) is 31.6 Å². The van der Waals surface area contributed by atoms with Crippen LogP contribution in [0.2, 0.25) is 0 Å². The summed E-state index contributed by atoms with van der Waals surface area (Å²) < 4.78 is 32.5. The van der Waals surface area contributed by atoms with Crippen LogP contribution in [-0.4, -0.2) is 40.1 Å². The number of non-ortho nitro benzene ring substituents is 1. The van der Waals surface area contributed by atoms with Gasteiger partial charge in [0, 0.05) is 31.4 Å². The zero-order valence-electron chi connectivity index (χ0n) is 15.3. The average molecular weight is 393 g/mol. The molecule has 0 bridgehead atoms. The van der Waals surface area contributed by atoms with E-state index in [1.807, 2.05) is 37.3 Å². The summed E-state index contributed by atoms with van der Waals surface area (Å²) in [6.45, 7) is 3.79. The van der Waals surface area contributed by atoms with Crippen LogP contribution in [0.1, 0.15) is 13.3 Å². The maximum absolute atomic E-state index is 12.5. The van der Waals surface area contributed by atoms with Gasteiger partial charge in [0.15, 0.2) is 0 Å². The number of hydrogen-bond acceptors (Lipinski definition) is 6. The molecule has 27 heavy (non-hydrogen) atoms. The van der Waals surface area contributed by atoms with Crippen molar-refractivity contribution in [1.82, 2.24) is 4.72 Å². The highest BCUT2D eigenvalue weighted by atomic mass is 32.2. The van der Waals surface area contributed by atoms with Crippen LogP contribution in [0, 0.1) is 10.1 Å². The number of rotatable bonds is 10. The highest BCUT2D eigenvalue weighted by Crippen LogP contribution is 2.28. The second-order valence-electron chi connectivity index (χ2n) is 5.76. The van der Waals surface area contributed by atoms with Crippen LogP contribution in [0.4, 0.5) is 11.4 Å². The molecule has 0 fully saturated rings. The zero-order valence-corrected chi connectivity index (χ0v) is 16.1. The molecule has 8 nitrogen and oxygen atoms in total. The molecule has 0 aliphatic rings. The van der Waals surface area contributed by atoms with Gasteiger partial charge in [-0.2, -0.15) is 0 Å². The van der Waals surface area contributed by atoms with E-state index < -0.39 is 14.9 Å². The van der Waals surface area contributed by atoms with E-state index in [0.717, 1.165) is 24.4 Å². The molecule has 0 heterocycles. The Labute approximate surface area is 159 Å². The number of para-hydroxylation sites is 1. The smallest absolute Gasteiger partial charge is 0.273 e. The predicted octanol–water partition coefficient (Wildman–Crippen LogP) is 2.80. The first-order chi connectivity index (χ1) is 12.9. The minimum absolute atomic E-state index is 0.0591. The van der Waals surface area contributed by atoms with Gasteiger partial charge in [0.25, 0.3) is 5.69 Å². The summed E-state index contributed by atoms with van der Waals surface area (Å²) in [5.74, 6) is -0.0591. The molecule has 1 N–H and O–H groups in total. The Morgan fingerprint density at radius 3 is 2.48 bits per heavy atom. The highest BCUT2D eigenvalue weighted by molar-refractivity contribution is 7.89. The van der Waals surface area contributed by atoms with Crippen molar-refractivity contribution in [2.45, 2.75) is 18.2 Å². The van der Waals surface area contributed by atoms with E-state index in [0.29, 0.717) is 13.0 Å². The van der Waals surface area contributed by atoms with Crippen LogP contribution in [0.5, 0.6) is 5.75 Å². The van der Waals surface area contributed by atoms with Gasteiger partial charge in [-0.3, -0.25) is 10.1 Å². The third-order valence-corrected chi connectivity index (χ3v) is 5.55. The van der Waals surface area contributed by atoms with Crippen molar-refractivity contribution in [3.05, 3.63) is 58.6 Å². The molecule has 9 heteroatoms. The van der Waals surface area contributed by atoms with Crippen molar-refractivity contribution in [1.29, 1.82) is 0 Å². The van der Waals surface area contributed by atoms with Crippen LogP contribution < -0.4 is 14.4 Å². The molecule has 0 aliphatic carbocycles. The number of anilines is 1. The Hall–Kier alpha value is -2.65. The Balaban J connectivity index is 1.99. The number of ether oxygens (including phenoxy) is 1. The van der Waals surface area contributed by atoms with Crippen molar-refractivity contribution >= 4 is 21.4 Å². The second-order valence-corrected chi connectivity index (χ2v) is 7.49. The van der Waals surface area contributed by atoms with Crippen LogP contribution in [0.15, 0.2) is 53.4 Å². The highest BCUT2D eigenvalue weighted by Gasteiger charge is 2.22. The lowest BCUT2D eigenvalue weighted by molar-refractivity contribution is -0.385. The molecule has 0 aromatic heterocycles. The first-order valence-electron chi connectivity index (χ1n) is 8.51. The lowest BCUT2D eigenvalue weighted by Crippen LogP contribution is -2.30. The molecule has 0 atom stereocenters. The number of hydrogen-bond donors (Lipinski definition) is 1.